The number of aromatic hydroxyl groups is 5. The monoisotopic (exact) mass is 1280 g/mol. The Kier molecular flexibility index (Phi) is 14.9. The van der Waals surface area contributed by atoms with Crippen molar-refractivity contribution in [1.82, 2.24) is 30.9 Å². The molecule has 3 spiro atoms. The van der Waals surface area contributed by atoms with Gasteiger partial charge in [-0.1, -0.05) is 116 Å². The molecule has 0 amide bonds. The first-order valence-electron chi connectivity index (χ1n) is 36.5. The molecule has 13 heteroatoms. The second kappa shape index (κ2) is 23.6. The Morgan fingerprint density at radius 1 is 0.760 bits per heavy atom. The van der Waals surface area contributed by atoms with Crippen molar-refractivity contribution < 1.29 is 35.4 Å². The zero-order valence-electron chi connectivity index (χ0n) is 55.0. The van der Waals surface area contributed by atoms with Gasteiger partial charge in [-0.25, -0.2) is 4.98 Å². The number of aliphatic hydroxyl groups excluding tert-OH is 1. The number of fused-ring (bicyclic) bond motifs is 7. The lowest BCUT2D eigenvalue weighted by Gasteiger charge is -2.75. The molecule has 13 nitrogen and oxygen atoms in total. The van der Waals surface area contributed by atoms with Gasteiger partial charge in [0.1, 0.15) is 5.75 Å². The zero-order chi connectivity index (χ0) is 64.7. The van der Waals surface area contributed by atoms with Crippen LogP contribution in [0.25, 0.3) is 22.9 Å². The maximum absolute atomic E-state index is 13.7. The van der Waals surface area contributed by atoms with E-state index in [0.717, 1.165) is 128 Å². The van der Waals surface area contributed by atoms with Gasteiger partial charge in [0.2, 0.25) is 0 Å². The Morgan fingerprint density at radius 2 is 1.65 bits per heavy atom. The van der Waals surface area contributed by atoms with E-state index in [9.17, 15) is 30.6 Å². The SMILES string of the molecule is Oc1ccc(/C=C/c2c(CCc3ccc([C@@H]4C[C@@]56C[C@@H]7N[C@H](C5)C(=C[C@H]7c5ccccc5)CNCCc5c[nH]c7c5[C@H](CC#C[C@@H]5CC[C@H]8C[C@@H]6[C@@H](N4)[C@@]4(c6cnc[nH]6)[C@H]6[C@@H](O)C=C[C@@H]9CCC[C@@]96CC[C@]854)C[C@H]4COCC[C@H]4C7)cc3)c(O)c(O)c3c(O)cccc23)cc1O. The molecule has 11 N–H and O–H groups in total. The summed E-state index contributed by atoms with van der Waals surface area (Å²) < 4.78 is 6.29. The Bertz CT molecular complexity index is 4300. The third-order valence-electron chi connectivity index (χ3n) is 27.7. The van der Waals surface area contributed by atoms with Crippen LogP contribution in [-0.4, -0.2) is 96.1 Å². The van der Waals surface area contributed by atoms with E-state index in [2.05, 4.69) is 118 Å². The molecule has 5 aromatic carbocycles. The van der Waals surface area contributed by atoms with Crippen LogP contribution in [0.2, 0.25) is 0 Å². The number of phenolic OH excluding ortho intramolecular Hbond substituents is 5. The van der Waals surface area contributed by atoms with E-state index in [-0.39, 0.29) is 98.2 Å². The van der Waals surface area contributed by atoms with Crippen molar-refractivity contribution in [3.05, 3.63) is 189 Å². The number of aliphatic hydroxyl groups is 1. The second-order valence-electron chi connectivity index (χ2n) is 31.6. The normalized spacial score (nSPS) is 36.4. The highest BCUT2D eigenvalue weighted by Crippen LogP contribution is 2.80. The van der Waals surface area contributed by atoms with Crippen LogP contribution in [0.5, 0.6) is 28.7 Å². The number of ether oxygens (including phenoxy) is 1. The predicted octanol–water partition coefficient (Wildman–Crippen LogP) is 13.6. The highest BCUT2D eigenvalue weighted by atomic mass is 16.5. The van der Waals surface area contributed by atoms with Gasteiger partial charge in [0.15, 0.2) is 23.0 Å². The number of aryl methyl sites for hydroxylation is 1. The summed E-state index contributed by atoms with van der Waals surface area (Å²) >= 11 is 0. The molecule has 496 valence electrons. The van der Waals surface area contributed by atoms with Gasteiger partial charge >= 0.3 is 0 Å². The Balaban J connectivity index is 0.785. The predicted molar refractivity (Wildman–Crippen MR) is 373 cm³/mol. The van der Waals surface area contributed by atoms with Crippen LogP contribution in [-0.2, 0) is 35.8 Å². The van der Waals surface area contributed by atoms with E-state index in [0.29, 0.717) is 64.5 Å². The van der Waals surface area contributed by atoms with Crippen molar-refractivity contribution in [3.8, 4) is 40.6 Å². The Morgan fingerprint density at radius 3 is 2.51 bits per heavy atom. The molecule has 3 saturated heterocycles. The van der Waals surface area contributed by atoms with Crippen LogP contribution in [0.15, 0.2) is 134 Å². The van der Waals surface area contributed by atoms with E-state index in [4.69, 9.17) is 15.0 Å². The number of hydrogen-bond donors (Lipinski definition) is 11. The largest absolute Gasteiger partial charge is 0.507 e. The molecule has 19 rings (SSSR count). The van der Waals surface area contributed by atoms with Crippen LogP contribution in [0.3, 0.4) is 0 Å². The number of imidazole rings is 1. The fourth-order valence-electron chi connectivity index (χ4n) is 23.9. The van der Waals surface area contributed by atoms with Gasteiger partial charge in [0.25, 0.3) is 0 Å². The minimum atomic E-state index is -0.642. The van der Waals surface area contributed by atoms with Gasteiger partial charge in [0.05, 0.1) is 17.8 Å². The Hall–Kier alpha value is -7.57. The number of hydrogen-bond acceptors (Lipinski definition) is 11. The van der Waals surface area contributed by atoms with Gasteiger partial charge in [-0.05, 0) is 229 Å². The lowest BCUT2D eigenvalue weighted by molar-refractivity contribution is -0.225. The van der Waals surface area contributed by atoms with Gasteiger partial charge < -0.3 is 61.3 Å². The van der Waals surface area contributed by atoms with Crippen molar-refractivity contribution in [2.24, 2.45) is 57.7 Å². The topological polar surface area (TPSA) is 211 Å². The molecule has 7 aromatic rings. The van der Waals surface area contributed by atoms with Gasteiger partial charge in [-0.2, -0.15) is 0 Å². The molecular formula is C83H92N6O7. The van der Waals surface area contributed by atoms with Crippen molar-refractivity contribution in [2.75, 3.05) is 26.3 Å². The van der Waals surface area contributed by atoms with Crippen LogP contribution in [0.1, 0.15) is 164 Å². The van der Waals surface area contributed by atoms with Crippen LogP contribution in [0.4, 0.5) is 0 Å². The smallest absolute Gasteiger partial charge is 0.169 e. The first-order chi connectivity index (χ1) is 46.9. The quantitative estimate of drug-likeness (QED) is 0.0298. The summed E-state index contributed by atoms with van der Waals surface area (Å²) in [4.78, 5) is 13.0. The molecule has 0 radical (unpaired) electrons. The summed E-state index contributed by atoms with van der Waals surface area (Å²) in [6.07, 6.45) is 34.9. The fraction of sp³-hybridized carbons (Fsp3) is 0.482. The highest BCUT2D eigenvalue weighted by molar-refractivity contribution is 6.03. The number of nitrogens with zero attached hydrogens (tertiary/aromatic N) is 1. The summed E-state index contributed by atoms with van der Waals surface area (Å²) in [6.45, 7) is 3.39. The van der Waals surface area contributed by atoms with E-state index in [1.165, 1.54) is 63.8 Å². The number of H-pyrrole nitrogens is 2. The molecule has 6 aliphatic carbocycles. The third kappa shape index (κ3) is 9.37. The number of phenols is 5. The number of aromatic nitrogens is 3. The molecule has 12 aliphatic rings. The molecule has 4 saturated carbocycles. The average molecular weight is 1290 g/mol. The Labute approximate surface area is 563 Å². The number of rotatable bonds is 8. The number of aromatic amines is 2. The summed E-state index contributed by atoms with van der Waals surface area (Å²) in [7, 11) is 0. The van der Waals surface area contributed by atoms with Gasteiger partial charge in [0, 0.05) is 103 Å². The first kappa shape index (κ1) is 60.8. The number of allylic oxidation sites excluding steroid dienone is 1. The summed E-state index contributed by atoms with van der Waals surface area (Å²) in [5.41, 5.74) is 11.6. The minimum absolute atomic E-state index is 0.0290. The van der Waals surface area contributed by atoms with Gasteiger partial charge in [-0.15, -0.1) is 5.92 Å². The van der Waals surface area contributed by atoms with E-state index in [1.54, 1.807) is 18.2 Å². The molecule has 8 heterocycles. The lowest BCUT2D eigenvalue weighted by Crippen LogP contribution is -2.79. The van der Waals surface area contributed by atoms with Crippen LogP contribution >= 0.6 is 0 Å². The molecule has 8 bridgehead atoms. The highest BCUT2D eigenvalue weighted by Gasteiger charge is 2.80. The average Bonchev–Trinajstić information content (AvgIpc) is 1.23. The van der Waals surface area contributed by atoms with E-state index < -0.39 is 11.5 Å². The summed E-state index contributed by atoms with van der Waals surface area (Å²) in [6, 6.07) is 30.6. The maximum Gasteiger partial charge on any atom is 0.169 e. The number of benzene rings is 5. The molecule has 18 atom stereocenters. The molecular weight excluding hydrogens is 1190 g/mol. The van der Waals surface area contributed by atoms with E-state index in [1.807, 2.05) is 18.5 Å². The summed E-state index contributed by atoms with van der Waals surface area (Å²) in [5.74, 6) is 10.0. The van der Waals surface area contributed by atoms with Crippen molar-refractivity contribution >= 4 is 22.9 Å². The number of piperidine rings is 2. The van der Waals surface area contributed by atoms with Crippen LogP contribution < -0.4 is 16.0 Å². The standard InChI is InChI=1S/C83H92N6O7/c90-69-26-18-49(35-72(69)93)17-24-60-61-12-5-13-70(91)75(61)77(95)76(94)62(60)25-16-48-14-19-51(20-15-48)66-40-80-41-67-55(37-63(68(42-80)88-67)50-7-2-1-3-8-50)43-84-33-28-54-44-86-65-38-52-29-34-96-46-56(52)36-53(74(54)65)9-4-10-58-21-22-59-39-64(80)79(89-66)83(73-45-85-47-87-73)78-71(92)27-23-57-11-6-30-81(57,78)31-32-82(58,59)83/h1-3,5,7-8,12-15,17-20,23-24,26-27,35,37,44-45,47,52-53,56-59,63-64,66-68,71,78-79,84,86,88-95H,6,9,11,16,21-22,25,28-34,36,38-43,46H2,(H,85,87)/b24-17+/t52-,53+,56-,57-,58+,59-,63-,64+,66-,67+,68-,71-,78-,79+,80-,81+,82+,83+/m0/s1. The number of nitrogens with one attached hydrogen (secondary N) is 5. The summed E-state index contributed by atoms with van der Waals surface area (Å²) in [5, 5.41) is 82.8. The maximum atomic E-state index is 13.7. The van der Waals surface area contributed by atoms with Crippen molar-refractivity contribution in [2.45, 2.75) is 163 Å². The van der Waals surface area contributed by atoms with Gasteiger partial charge in [-0.3, -0.25) is 0 Å². The lowest BCUT2D eigenvalue weighted by atomic mass is 9.30. The van der Waals surface area contributed by atoms with Crippen LogP contribution in [0, 0.1) is 69.5 Å². The molecule has 2 aromatic heterocycles. The third-order valence-corrected chi connectivity index (χ3v) is 27.7. The molecule has 6 aliphatic heterocycles. The molecule has 96 heavy (non-hydrogen) atoms. The van der Waals surface area contributed by atoms with E-state index >= 15 is 0 Å². The second-order valence-corrected chi connectivity index (χ2v) is 31.6. The molecule has 0 unspecified atom stereocenters. The van der Waals surface area contributed by atoms with Crippen molar-refractivity contribution in [3.63, 3.8) is 0 Å². The van der Waals surface area contributed by atoms with Crippen molar-refractivity contribution in [1.29, 1.82) is 0 Å². The zero-order valence-corrected chi connectivity index (χ0v) is 55.0. The first-order valence-corrected chi connectivity index (χ1v) is 36.5. The molecule has 7 fully saturated rings. The minimum Gasteiger partial charge on any atom is -0.507 e. The fourth-order valence-corrected chi connectivity index (χ4v) is 23.9.